The summed E-state index contributed by atoms with van der Waals surface area (Å²) in [6, 6.07) is 24.9. The predicted molar refractivity (Wildman–Crippen MR) is 135 cm³/mol. The fraction of sp³-hybridized carbons (Fsp3) is 0.259. The van der Waals surface area contributed by atoms with E-state index in [1.54, 1.807) is 45.0 Å². The number of benzene rings is 3. The van der Waals surface area contributed by atoms with E-state index in [0.29, 0.717) is 18.0 Å². The Morgan fingerprint density at radius 1 is 0.829 bits per heavy atom. The highest BCUT2D eigenvalue weighted by Crippen LogP contribution is 2.20. The summed E-state index contributed by atoms with van der Waals surface area (Å²) in [4.78, 5) is 25.2. The Labute approximate surface area is 205 Å². The van der Waals surface area contributed by atoms with E-state index in [1.807, 2.05) is 60.7 Å². The third kappa shape index (κ3) is 9.38. The lowest BCUT2D eigenvalue weighted by atomic mass is 10.2. The molecule has 0 unspecified atom stereocenters. The van der Waals surface area contributed by atoms with E-state index in [2.05, 4.69) is 20.9 Å². The smallest absolute Gasteiger partial charge is 0.408 e. The average molecular weight is 475 g/mol. The van der Waals surface area contributed by atoms with Gasteiger partial charge in [-0.25, -0.2) is 4.79 Å². The van der Waals surface area contributed by atoms with Gasteiger partial charge in [0.2, 0.25) is 5.91 Å². The summed E-state index contributed by atoms with van der Waals surface area (Å²) in [5, 5.41) is 13.8. The first-order valence-corrected chi connectivity index (χ1v) is 11.3. The summed E-state index contributed by atoms with van der Waals surface area (Å²) in [6.07, 6.45) is -0.697. The second-order valence-corrected chi connectivity index (χ2v) is 8.77. The molecule has 0 aromatic heterocycles. The number of amides is 2. The Morgan fingerprint density at radius 3 is 2.00 bits per heavy atom. The molecular weight excluding hydrogens is 444 g/mol. The normalized spacial score (nSPS) is 12.2. The number of rotatable bonds is 9. The van der Waals surface area contributed by atoms with Crippen LogP contribution < -0.4 is 10.6 Å². The van der Waals surface area contributed by atoms with Gasteiger partial charge >= 0.3 is 6.09 Å². The largest absolute Gasteiger partial charge is 0.444 e. The van der Waals surface area contributed by atoms with Crippen molar-refractivity contribution in [3.63, 3.8) is 0 Å². The fourth-order valence-corrected chi connectivity index (χ4v) is 2.95. The van der Waals surface area contributed by atoms with E-state index >= 15 is 0 Å². The summed E-state index contributed by atoms with van der Waals surface area (Å²) in [6.45, 7) is 5.55. The van der Waals surface area contributed by atoms with Crippen molar-refractivity contribution >= 4 is 29.1 Å². The zero-order valence-corrected chi connectivity index (χ0v) is 20.1. The molecule has 182 valence electrons. The van der Waals surface area contributed by atoms with E-state index in [-0.39, 0.29) is 6.61 Å². The Morgan fingerprint density at radius 2 is 1.40 bits per heavy atom. The Hall–Kier alpha value is -4.04. The van der Waals surface area contributed by atoms with Gasteiger partial charge in [-0.3, -0.25) is 4.79 Å². The molecule has 35 heavy (non-hydrogen) atoms. The van der Waals surface area contributed by atoms with Crippen molar-refractivity contribution in [2.24, 2.45) is 10.2 Å². The van der Waals surface area contributed by atoms with Crippen LogP contribution in [0.4, 0.5) is 21.9 Å². The SMILES string of the molecule is CC(C)(C)OC(=O)N[C@@H](COCc1ccccc1)C(=O)Nc1ccc(N=Nc2ccccc2)cc1. The first-order chi connectivity index (χ1) is 16.8. The zero-order valence-electron chi connectivity index (χ0n) is 20.1. The Kier molecular flexibility index (Phi) is 9.09. The molecule has 3 rings (SSSR count). The van der Waals surface area contributed by atoms with E-state index in [9.17, 15) is 9.59 Å². The second kappa shape index (κ2) is 12.4. The maximum absolute atomic E-state index is 12.9. The molecule has 0 fully saturated rings. The Balaban J connectivity index is 1.61. The van der Waals surface area contributed by atoms with Crippen LogP contribution in [0.2, 0.25) is 0 Å². The van der Waals surface area contributed by atoms with Crippen molar-refractivity contribution in [3.8, 4) is 0 Å². The van der Waals surface area contributed by atoms with Crippen LogP contribution in [0.3, 0.4) is 0 Å². The molecule has 0 aliphatic rings. The lowest BCUT2D eigenvalue weighted by Gasteiger charge is -2.23. The van der Waals surface area contributed by atoms with Crippen LogP contribution in [0.25, 0.3) is 0 Å². The third-order valence-electron chi connectivity index (χ3n) is 4.58. The van der Waals surface area contributed by atoms with Gasteiger partial charge in [-0.1, -0.05) is 48.5 Å². The Bertz CT molecular complexity index is 1110. The molecule has 0 aliphatic carbocycles. The molecule has 0 bridgehead atoms. The fourth-order valence-electron chi connectivity index (χ4n) is 2.95. The van der Waals surface area contributed by atoms with Gasteiger partial charge < -0.3 is 20.1 Å². The van der Waals surface area contributed by atoms with Crippen molar-refractivity contribution in [1.82, 2.24) is 5.32 Å². The van der Waals surface area contributed by atoms with E-state index in [4.69, 9.17) is 9.47 Å². The van der Waals surface area contributed by atoms with Crippen LogP contribution in [-0.2, 0) is 20.9 Å². The minimum atomic E-state index is -0.953. The number of anilines is 1. The summed E-state index contributed by atoms with van der Waals surface area (Å²) < 4.78 is 11.0. The van der Waals surface area contributed by atoms with Gasteiger partial charge in [0.05, 0.1) is 24.6 Å². The quantitative estimate of drug-likeness (QED) is 0.363. The highest BCUT2D eigenvalue weighted by atomic mass is 16.6. The van der Waals surface area contributed by atoms with E-state index < -0.39 is 23.6 Å². The number of azo groups is 1. The highest BCUT2D eigenvalue weighted by Gasteiger charge is 2.25. The second-order valence-electron chi connectivity index (χ2n) is 8.77. The number of nitrogens with one attached hydrogen (secondary N) is 2. The molecule has 0 saturated carbocycles. The number of hydrogen-bond acceptors (Lipinski definition) is 6. The van der Waals surface area contributed by atoms with Crippen molar-refractivity contribution in [2.45, 2.75) is 39.0 Å². The first kappa shape index (κ1) is 25.6. The molecule has 8 heteroatoms. The molecule has 2 amide bonds. The van der Waals surface area contributed by atoms with Crippen molar-refractivity contribution in [1.29, 1.82) is 0 Å². The molecule has 3 aromatic rings. The van der Waals surface area contributed by atoms with Gasteiger partial charge in [0.25, 0.3) is 0 Å². The van der Waals surface area contributed by atoms with Crippen LogP contribution in [-0.4, -0.2) is 30.3 Å². The molecule has 0 saturated heterocycles. The van der Waals surface area contributed by atoms with Gasteiger partial charge in [0.1, 0.15) is 11.6 Å². The monoisotopic (exact) mass is 474 g/mol. The van der Waals surface area contributed by atoms with Gasteiger partial charge in [-0.15, -0.1) is 0 Å². The molecule has 0 aliphatic heterocycles. The average Bonchev–Trinajstić information content (AvgIpc) is 2.83. The van der Waals surface area contributed by atoms with Gasteiger partial charge in [0, 0.05) is 5.69 Å². The molecule has 1 atom stereocenters. The number of carbonyl (C=O) groups is 2. The molecule has 2 N–H and O–H groups in total. The van der Waals surface area contributed by atoms with E-state index in [1.165, 1.54) is 0 Å². The number of carbonyl (C=O) groups excluding carboxylic acids is 2. The summed E-state index contributed by atoms with van der Waals surface area (Å²) >= 11 is 0. The molecule has 3 aromatic carbocycles. The maximum Gasteiger partial charge on any atom is 0.408 e. The van der Waals surface area contributed by atoms with Crippen LogP contribution in [0.1, 0.15) is 26.3 Å². The zero-order chi connectivity index (χ0) is 25.1. The molecule has 8 nitrogen and oxygen atoms in total. The number of hydrogen-bond donors (Lipinski definition) is 2. The van der Waals surface area contributed by atoms with Gasteiger partial charge in [0.15, 0.2) is 0 Å². The van der Waals surface area contributed by atoms with Crippen LogP contribution in [0, 0.1) is 0 Å². The van der Waals surface area contributed by atoms with Gasteiger partial charge in [-0.05, 0) is 62.7 Å². The first-order valence-electron chi connectivity index (χ1n) is 11.3. The number of alkyl carbamates (subject to hydrolysis) is 1. The number of ether oxygens (including phenoxy) is 2. The minimum absolute atomic E-state index is 0.0245. The van der Waals surface area contributed by atoms with Crippen molar-refractivity contribution < 1.29 is 19.1 Å². The number of nitrogens with zero attached hydrogens (tertiary/aromatic N) is 2. The summed E-state index contributed by atoms with van der Waals surface area (Å²) in [7, 11) is 0. The highest BCUT2D eigenvalue weighted by molar-refractivity contribution is 5.96. The van der Waals surface area contributed by atoms with Gasteiger partial charge in [-0.2, -0.15) is 10.2 Å². The molecule has 0 spiro atoms. The molecular formula is C27H30N4O4. The minimum Gasteiger partial charge on any atom is -0.444 e. The maximum atomic E-state index is 12.9. The summed E-state index contributed by atoms with van der Waals surface area (Å²) in [5.41, 5.74) is 2.20. The van der Waals surface area contributed by atoms with Crippen LogP contribution in [0.5, 0.6) is 0 Å². The topological polar surface area (TPSA) is 101 Å². The molecule has 0 radical (unpaired) electrons. The lowest BCUT2D eigenvalue weighted by Crippen LogP contribution is -2.48. The van der Waals surface area contributed by atoms with E-state index in [0.717, 1.165) is 11.3 Å². The third-order valence-corrected chi connectivity index (χ3v) is 4.58. The predicted octanol–water partition coefficient (Wildman–Crippen LogP) is 6.15. The molecule has 0 heterocycles. The van der Waals surface area contributed by atoms with Crippen LogP contribution >= 0.6 is 0 Å². The van der Waals surface area contributed by atoms with Crippen molar-refractivity contribution in [3.05, 3.63) is 90.5 Å². The lowest BCUT2D eigenvalue weighted by molar-refractivity contribution is -0.119. The summed E-state index contributed by atoms with van der Waals surface area (Å²) in [5.74, 6) is -0.428. The standard InChI is InChI=1S/C27H30N4O4/c1-27(2,3)35-26(33)29-24(19-34-18-20-10-6-4-7-11-20)25(32)28-21-14-16-23(17-15-21)31-30-22-12-8-5-9-13-22/h4-17,24H,18-19H2,1-3H3,(H,28,32)(H,29,33)/t24-/m0/s1. The van der Waals surface area contributed by atoms with Crippen LogP contribution in [0.15, 0.2) is 95.2 Å². The van der Waals surface area contributed by atoms with Crippen molar-refractivity contribution in [2.75, 3.05) is 11.9 Å².